The van der Waals surface area contributed by atoms with Gasteiger partial charge in [-0.15, -0.1) is 24.8 Å². The van der Waals surface area contributed by atoms with E-state index in [9.17, 15) is 4.79 Å². The van der Waals surface area contributed by atoms with Crippen molar-refractivity contribution in [2.75, 3.05) is 46.3 Å². The second kappa shape index (κ2) is 6.61. The molecule has 1 spiro atoms. The number of rotatable bonds is 1. The predicted octanol–water partition coefficient (Wildman–Crippen LogP) is 0.994. The van der Waals surface area contributed by atoms with E-state index in [2.05, 4.69) is 22.2 Å². The lowest BCUT2D eigenvalue weighted by molar-refractivity contribution is -0.135. The first-order valence-electron chi connectivity index (χ1n) is 6.89. The van der Waals surface area contributed by atoms with Gasteiger partial charge in [-0.2, -0.15) is 0 Å². The molecule has 3 rings (SSSR count). The van der Waals surface area contributed by atoms with Crippen molar-refractivity contribution in [2.45, 2.75) is 19.3 Å². The normalized spacial score (nSPS) is 29.3. The van der Waals surface area contributed by atoms with E-state index in [0.29, 0.717) is 17.2 Å². The molecular weight excluding hydrogens is 285 g/mol. The molecule has 4 nitrogen and oxygen atoms in total. The minimum atomic E-state index is 0. The Kier molecular flexibility index (Phi) is 5.93. The molecule has 2 aliphatic heterocycles. The molecule has 1 N–H and O–H groups in total. The van der Waals surface area contributed by atoms with Gasteiger partial charge < -0.3 is 15.1 Å². The van der Waals surface area contributed by atoms with Gasteiger partial charge in [0.2, 0.25) is 5.91 Å². The van der Waals surface area contributed by atoms with Crippen molar-refractivity contribution in [3.05, 3.63) is 0 Å². The highest BCUT2D eigenvalue weighted by atomic mass is 35.5. The maximum Gasteiger partial charge on any atom is 0.226 e. The maximum atomic E-state index is 12.4. The van der Waals surface area contributed by atoms with Crippen LogP contribution in [-0.4, -0.2) is 62.0 Å². The molecule has 112 valence electrons. The van der Waals surface area contributed by atoms with Gasteiger partial charge in [0.05, 0.1) is 0 Å². The van der Waals surface area contributed by atoms with Gasteiger partial charge in [-0.1, -0.05) is 0 Å². The zero-order chi connectivity index (χ0) is 11.9. The second-order valence-corrected chi connectivity index (χ2v) is 6.00. The minimum Gasteiger partial charge on any atom is -0.340 e. The van der Waals surface area contributed by atoms with Gasteiger partial charge in [0, 0.05) is 32.1 Å². The van der Waals surface area contributed by atoms with Crippen molar-refractivity contribution in [3.8, 4) is 0 Å². The largest absolute Gasteiger partial charge is 0.340 e. The van der Waals surface area contributed by atoms with Gasteiger partial charge in [-0.25, -0.2) is 0 Å². The Morgan fingerprint density at radius 1 is 1.11 bits per heavy atom. The van der Waals surface area contributed by atoms with Crippen molar-refractivity contribution in [1.29, 1.82) is 0 Å². The smallest absolute Gasteiger partial charge is 0.226 e. The molecule has 0 radical (unpaired) electrons. The summed E-state index contributed by atoms with van der Waals surface area (Å²) in [5, 5.41) is 3.39. The summed E-state index contributed by atoms with van der Waals surface area (Å²) in [5.41, 5.74) is 0.395. The fourth-order valence-corrected chi connectivity index (χ4v) is 3.42. The van der Waals surface area contributed by atoms with E-state index < -0.39 is 0 Å². The SMILES string of the molecule is CN1CCN(C(=O)C2CC23CCNCC3)CC1.Cl.Cl. The first-order chi connectivity index (χ1) is 8.21. The summed E-state index contributed by atoms with van der Waals surface area (Å²) in [5.74, 6) is 0.799. The number of carbonyl (C=O) groups excluding carboxylic acids is 1. The van der Waals surface area contributed by atoms with Crippen LogP contribution in [0.15, 0.2) is 0 Å². The number of hydrogen-bond donors (Lipinski definition) is 1. The van der Waals surface area contributed by atoms with Gasteiger partial charge in [0.15, 0.2) is 0 Å². The number of piperidine rings is 1. The molecule has 0 aromatic carbocycles. The lowest BCUT2D eigenvalue weighted by Gasteiger charge is -2.33. The van der Waals surface area contributed by atoms with Crippen LogP contribution in [0, 0.1) is 11.3 Å². The van der Waals surface area contributed by atoms with Crippen molar-refractivity contribution >= 4 is 30.7 Å². The third kappa shape index (κ3) is 3.35. The summed E-state index contributed by atoms with van der Waals surface area (Å²) in [6.07, 6.45) is 3.56. The third-order valence-electron chi connectivity index (χ3n) is 4.90. The van der Waals surface area contributed by atoms with Gasteiger partial charge in [-0.05, 0) is 44.8 Å². The predicted molar refractivity (Wildman–Crippen MR) is 81.2 cm³/mol. The first-order valence-corrected chi connectivity index (χ1v) is 6.89. The van der Waals surface area contributed by atoms with Crippen molar-refractivity contribution in [3.63, 3.8) is 0 Å². The summed E-state index contributed by atoms with van der Waals surface area (Å²) < 4.78 is 0. The van der Waals surface area contributed by atoms with Crippen LogP contribution in [-0.2, 0) is 4.79 Å². The maximum absolute atomic E-state index is 12.4. The molecule has 1 atom stereocenters. The Hall–Kier alpha value is -0.0300. The molecule has 6 heteroatoms. The first kappa shape index (κ1) is 17.0. The van der Waals surface area contributed by atoms with Crippen LogP contribution in [0.3, 0.4) is 0 Å². The average Bonchev–Trinajstić information content (AvgIpc) is 3.04. The van der Waals surface area contributed by atoms with Crippen LogP contribution in [0.4, 0.5) is 0 Å². The summed E-state index contributed by atoms with van der Waals surface area (Å²) in [4.78, 5) is 16.8. The van der Waals surface area contributed by atoms with Crippen molar-refractivity contribution < 1.29 is 4.79 Å². The van der Waals surface area contributed by atoms with E-state index in [1.54, 1.807) is 0 Å². The number of nitrogens with one attached hydrogen (secondary N) is 1. The molecule has 0 bridgehead atoms. The molecule has 2 saturated heterocycles. The van der Waals surface area contributed by atoms with Crippen LogP contribution in [0.5, 0.6) is 0 Å². The molecule has 0 aromatic heterocycles. The summed E-state index contributed by atoms with van der Waals surface area (Å²) in [6, 6.07) is 0. The van der Waals surface area contributed by atoms with Crippen molar-refractivity contribution in [1.82, 2.24) is 15.1 Å². The van der Waals surface area contributed by atoms with Crippen LogP contribution >= 0.6 is 24.8 Å². The Morgan fingerprint density at radius 2 is 1.68 bits per heavy atom. The summed E-state index contributed by atoms with van der Waals surface area (Å²) >= 11 is 0. The van der Waals surface area contributed by atoms with E-state index >= 15 is 0 Å². The number of piperazine rings is 1. The monoisotopic (exact) mass is 309 g/mol. The van der Waals surface area contributed by atoms with E-state index in [-0.39, 0.29) is 24.8 Å². The Labute approximate surface area is 128 Å². The highest BCUT2D eigenvalue weighted by Gasteiger charge is 2.58. The molecule has 19 heavy (non-hydrogen) atoms. The number of amides is 1. The molecule has 1 amide bonds. The lowest BCUT2D eigenvalue weighted by Crippen LogP contribution is -2.48. The number of likely N-dealkylation sites (N-methyl/N-ethyl adjacent to an activating group) is 1. The summed E-state index contributed by atoms with van der Waals surface area (Å²) in [7, 11) is 2.13. The molecule has 1 aliphatic carbocycles. The second-order valence-electron chi connectivity index (χ2n) is 6.00. The van der Waals surface area contributed by atoms with E-state index in [4.69, 9.17) is 0 Å². The van der Waals surface area contributed by atoms with Crippen molar-refractivity contribution in [2.24, 2.45) is 11.3 Å². The Bertz CT molecular complexity index is 313. The molecule has 1 saturated carbocycles. The topological polar surface area (TPSA) is 35.6 Å². The number of nitrogens with zero attached hydrogens (tertiary/aromatic N) is 2. The molecule has 3 aliphatic rings. The highest BCUT2D eigenvalue weighted by Crippen LogP contribution is 2.59. The fraction of sp³-hybridized carbons (Fsp3) is 0.923. The van der Waals surface area contributed by atoms with Gasteiger partial charge in [0.25, 0.3) is 0 Å². The van der Waals surface area contributed by atoms with Crippen LogP contribution in [0.1, 0.15) is 19.3 Å². The number of hydrogen-bond acceptors (Lipinski definition) is 3. The van der Waals surface area contributed by atoms with Crippen LogP contribution in [0.25, 0.3) is 0 Å². The van der Waals surface area contributed by atoms with Gasteiger partial charge >= 0.3 is 0 Å². The highest BCUT2D eigenvalue weighted by molar-refractivity contribution is 5.85. The zero-order valence-corrected chi connectivity index (χ0v) is 13.2. The number of carbonyl (C=O) groups is 1. The third-order valence-corrected chi connectivity index (χ3v) is 4.90. The zero-order valence-electron chi connectivity index (χ0n) is 11.6. The standard InChI is InChI=1S/C13H23N3O.2ClH/c1-15-6-8-16(9-7-15)12(17)11-10-13(11)2-4-14-5-3-13;;/h11,14H,2-10H2,1H3;2*1H. The molecule has 3 fully saturated rings. The van der Waals surface area contributed by atoms with E-state index in [0.717, 1.165) is 45.7 Å². The molecule has 1 unspecified atom stereocenters. The summed E-state index contributed by atoms with van der Waals surface area (Å²) in [6.45, 7) is 6.14. The average molecular weight is 310 g/mol. The minimum absolute atomic E-state index is 0. The molecular formula is C13H25Cl2N3O. The quantitative estimate of drug-likeness (QED) is 0.785. The van der Waals surface area contributed by atoms with Crippen LogP contribution in [0.2, 0.25) is 0 Å². The number of halogens is 2. The van der Waals surface area contributed by atoms with Gasteiger partial charge in [0.1, 0.15) is 0 Å². The Balaban J connectivity index is 0.000000902. The van der Waals surface area contributed by atoms with E-state index in [1.165, 1.54) is 12.8 Å². The molecule has 0 aromatic rings. The fourth-order valence-electron chi connectivity index (χ4n) is 3.42. The van der Waals surface area contributed by atoms with Gasteiger partial charge in [-0.3, -0.25) is 4.79 Å². The Morgan fingerprint density at radius 3 is 2.26 bits per heavy atom. The van der Waals surface area contributed by atoms with Crippen LogP contribution < -0.4 is 5.32 Å². The molecule has 2 heterocycles. The van der Waals surface area contributed by atoms with E-state index in [1.807, 2.05) is 0 Å². The lowest BCUT2D eigenvalue weighted by atomic mass is 9.91.